The molecule has 5 nitrogen and oxygen atoms in total. The molecule has 0 saturated carbocycles. The zero-order valence-electron chi connectivity index (χ0n) is 13.3. The first-order valence-corrected chi connectivity index (χ1v) is 7.77. The predicted octanol–water partition coefficient (Wildman–Crippen LogP) is 2.93. The minimum Gasteiger partial charge on any atom is -0.326 e. The van der Waals surface area contributed by atoms with Crippen molar-refractivity contribution >= 4 is 23.3 Å². The van der Waals surface area contributed by atoms with Gasteiger partial charge in [-0.15, -0.1) is 0 Å². The molecule has 1 aliphatic rings. The number of benzene rings is 2. The first-order valence-electron chi connectivity index (χ1n) is 7.77. The zero-order valence-corrected chi connectivity index (χ0v) is 13.3. The van der Waals surface area contributed by atoms with Crippen LogP contribution in [0.1, 0.15) is 12.5 Å². The van der Waals surface area contributed by atoms with E-state index in [-0.39, 0.29) is 11.7 Å². The van der Waals surface area contributed by atoms with Crippen LogP contribution in [0.5, 0.6) is 0 Å². The zero-order chi connectivity index (χ0) is 17.1. The third-order valence-corrected chi connectivity index (χ3v) is 3.97. The molecule has 0 saturated heterocycles. The molecule has 0 aliphatic carbocycles. The number of anilines is 2. The second-order valence-electron chi connectivity index (χ2n) is 5.70. The van der Waals surface area contributed by atoms with Gasteiger partial charge in [-0.05, 0) is 49.2 Å². The topological polar surface area (TPSA) is 61.4 Å². The Morgan fingerprint density at radius 2 is 1.83 bits per heavy atom. The maximum atomic E-state index is 12.9. The van der Waals surface area contributed by atoms with E-state index in [0.717, 1.165) is 17.7 Å². The van der Waals surface area contributed by atoms with Gasteiger partial charge in [0.1, 0.15) is 11.9 Å². The number of amides is 3. The lowest BCUT2D eigenvalue weighted by atomic mass is 10.2. The van der Waals surface area contributed by atoms with Crippen LogP contribution in [0.4, 0.5) is 20.6 Å². The van der Waals surface area contributed by atoms with Crippen molar-refractivity contribution in [1.29, 1.82) is 0 Å². The fourth-order valence-electron chi connectivity index (χ4n) is 2.76. The van der Waals surface area contributed by atoms with Crippen molar-refractivity contribution in [3.63, 3.8) is 0 Å². The number of para-hydroxylation sites is 1. The number of nitrogens with one attached hydrogen (secondary N) is 2. The second-order valence-corrected chi connectivity index (χ2v) is 5.70. The number of carbonyl (C=O) groups excluding carboxylic acids is 2. The van der Waals surface area contributed by atoms with Gasteiger partial charge in [-0.2, -0.15) is 0 Å². The summed E-state index contributed by atoms with van der Waals surface area (Å²) < 4.78 is 12.9. The summed E-state index contributed by atoms with van der Waals surface area (Å²) in [6, 6.07) is 12.0. The Kier molecular flexibility index (Phi) is 4.46. The number of fused-ring (bicyclic) bond motifs is 1. The van der Waals surface area contributed by atoms with E-state index in [9.17, 15) is 14.0 Å². The van der Waals surface area contributed by atoms with E-state index < -0.39 is 12.1 Å². The van der Waals surface area contributed by atoms with Crippen LogP contribution in [0, 0.1) is 5.82 Å². The predicted molar refractivity (Wildman–Crippen MR) is 90.5 cm³/mol. The Balaban J connectivity index is 1.60. The molecular weight excluding hydrogens is 309 g/mol. The number of urea groups is 1. The standard InChI is InChI=1S/C18H18FN3O2/c1-12(20-18(24)21-15-8-6-14(19)7-9-15)17(23)22-11-10-13-4-2-3-5-16(13)22/h2-9,12H,10-11H2,1H3,(H2,20,21,24). The molecule has 124 valence electrons. The highest BCUT2D eigenvalue weighted by Gasteiger charge is 2.28. The fourth-order valence-corrected chi connectivity index (χ4v) is 2.76. The number of halogens is 1. The van der Waals surface area contributed by atoms with Gasteiger partial charge >= 0.3 is 6.03 Å². The molecule has 1 heterocycles. The lowest BCUT2D eigenvalue weighted by Gasteiger charge is -2.22. The molecule has 1 atom stereocenters. The molecule has 0 bridgehead atoms. The van der Waals surface area contributed by atoms with Gasteiger partial charge < -0.3 is 15.5 Å². The maximum Gasteiger partial charge on any atom is 0.319 e. The van der Waals surface area contributed by atoms with E-state index in [1.807, 2.05) is 24.3 Å². The molecule has 2 aromatic carbocycles. The van der Waals surface area contributed by atoms with Gasteiger partial charge in [0.05, 0.1) is 0 Å². The Hall–Kier alpha value is -2.89. The first-order chi connectivity index (χ1) is 11.5. The minimum absolute atomic E-state index is 0.158. The average molecular weight is 327 g/mol. The summed E-state index contributed by atoms with van der Waals surface area (Å²) in [6.07, 6.45) is 0.816. The number of rotatable bonds is 3. The molecule has 1 unspecified atom stereocenters. The van der Waals surface area contributed by atoms with E-state index in [1.165, 1.54) is 24.3 Å². The lowest BCUT2D eigenvalue weighted by molar-refractivity contribution is -0.119. The van der Waals surface area contributed by atoms with Crippen LogP contribution >= 0.6 is 0 Å². The summed E-state index contributed by atoms with van der Waals surface area (Å²) in [5, 5.41) is 5.19. The number of nitrogens with zero attached hydrogens (tertiary/aromatic N) is 1. The highest BCUT2D eigenvalue weighted by atomic mass is 19.1. The van der Waals surface area contributed by atoms with Crippen LogP contribution in [-0.2, 0) is 11.2 Å². The SMILES string of the molecule is CC(NC(=O)Nc1ccc(F)cc1)C(=O)N1CCc2ccccc21. The lowest BCUT2D eigenvalue weighted by Crippen LogP contribution is -2.47. The van der Waals surface area contributed by atoms with Gasteiger partial charge in [0, 0.05) is 17.9 Å². The second kappa shape index (κ2) is 6.70. The minimum atomic E-state index is -0.670. The monoisotopic (exact) mass is 327 g/mol. The van der Waals surface area contributed by atoms with Crippen molar-refractivity contribution in [2.24, 2.45) is 0 Å². The quantitative estimate of drug-likeness (QED) is 0.910. The smallest absolute Gasteiger partial charge is 0.319 e. The Morgan fingerprint density at radius 3 is 2.58 bits per heavy atom. The van der Waals surface area contributed by atoms with E-state index >= 15 is 0 Å². The highest BCUT2D eigenvalue weighted by molar-refractivity contribution is 6.01. The molecule has 2 aromatic rings. The maximum absolute atomic E-state index is 12.9. The molecule has 6 heteroatoms. The summed E-state index contributed by atoms with van der Waals surface area (Å²) in [7, 11) is 0. The van der Waals surface area contributed by atoms with Gasteiger partial charge in [-0.3, -0.25) is 4.79 Å². The van der Waals surface area contributed by atoms with Crippen LogP contribution in [0.15, 0.2) is 48.5 Å². The summed E-state index contributed by atoms with van der Waals surface area (Å²) >= 11 is 0. The van der Waals surface area contributed by atoms with Gasteiger partial charge in [-0.25, -0.2) is 9.18 Å². The van der Waals surface area contributed by atoms with Crippen LogP contribution in [0.2, 0.25) is 0 Å². The van der Waals surface area contributed by atoms with E-state index in [1.54, 1.807) is 11.8 Å². The summed E-state index contributed by atoms with van der Waals surface area (Å²) in [6.45, 7) is 2.26. The molecular formula is C18H18FN3O2. The van der Waals surface area contributed by atoms with Gasteiger partial charge in [0.15, 0.2) is 0 Å². The number of hydrogen-bond donors (Lipinski definition) is 2. The third kappa shape index (κ3) is 3.37. The molecule has 0 spiro atoms. The molecule has 0 radical (unpaired) electrons. The molecule has 3 amide bonds. The summed E-state index contributed by atoms with van der Waals surface area (Å²) in [5.74, 6) is -0.536. The van der Waals surface area contributed by atoms with Crippen LogP contribution < -0.4 is 15.5 Å². The summed E-state index contributed by atoms with van der Waals surface area (Å²) in [4.78, 5) is 26.3. The van der Waals surface area contributed by atoms with Crippen molar-refractivity contribution in [2.45, 2.75) is 19.4 Å². The Labute approximate surface area is 139 Å². The third-order valence-electron chi connectivity index (χ3n) is 3.97. The number of carbonyl (C=O) groups is 2. The average Bonchev–Trinajstić information content (AvgIpc) is 3.00. The molecule has 1 aliphatic heterocycles. The van der Waals surface area contributed by atoms with Crippen LogP contribution in [0.25, 0.3) is 0 Å². The molecule has 0 aromatic heterocycles. The molecule has 0 fully saturated rings. The fraction of sp³-hybridized carbons (Fsp3) is 0.222. The van der Waals surface area contributed by atoms with Crippen molar-refractivity contribution in [1.82, 2.24) is 5.32 Å². The Morgan fingerprint density at radius 1 is 1.12 bits per heavy atom. The van der Waals surface area contributed by atoms with E-state index in [0.29, 0.717) is 12.2 Å². The first kappa shape index (κ1) is 16.0. The van der Waals surface area contributed by atoms with Crippen LogP contribution in [-0.4, -0.2) is 24.5 Å². The van der Waals surface area contributed by atoms with Gasteiger partial charge in [0.2, 0.25) is 5.91 Å². The van der Waals surface area contributed by atoms with Crippen molar-refractivity contribution in [2.75, 3.05) is 16.8 Å². The van der Waals surface area contributed by atoms with E-state index in [4.69, 9.17) is 0 Å². The molecule has 24 heavy (non-hydrogen) atoms. The number of hydrogen-bond acceptors (Lipinski definition) is 2. The van der Waals surface area contributed by atoms with E-state index in [2.05, 4.69) is 10.6 Å². The normalized spacial score (nSPS) is 14.0. The van der Waals surface area contributed by atoms with Crippen molar-refractivity contribution in [3.05, 3.63) is 59.9 Å². The molecule has 2 N–H and O–H groups in total. The summed E-state index contributed by atoms with van der Waals surface area (Å²) in [5.41, 5.74) is 2.49. The van der Waals surface area contributed by atoms with Crippen LogP contribution in [0.3, 0.4) is 0 Å². The molecule has 3 rings (SSSR count). The van der Waals surface area contributed by atoms with Crippen molar-refractivity contribution < 1.29 is 14.0 Å². The van der Waals surface area contributed by atoms with Gasteiger partial charge in [0.25, 0.3) is 0 Å². The van der Waals surface area contributed by atoms with Crippen molar-refractivity contribution in [3.8, 4) is 0 Å². The highest BCUT2D eigenvalue weighted by Crippen LogP contribution is 2.27. The largest absolute Gasteiger partial charge is 0.326 e. The Bertz CT molecular complexity index is 761. The van der Waals surface area contributed by atoms with Gasteiger partial charge in [-0.1, -0.05) is 18.2 Å².